The fourth-order valence-electron chi connectivity index (χ4n) is 2.68. The van der Waals surface area contributed by atoms with E-state index in [-0.39, 0.29) is 5.75 Å². The van der Waals surface area contributed by atoms with Crippen molar-refractivity contribution in [2.24, 2.45) is 5.92 Å². The monoisotopic (exact) mass is 362 g/mol. The highest BCUT2D eigenvalue weighted by Gasteiger charge is 2.41. The van der Waals surface area contributed by atoms with Crippen LogP contribution in [-0.4, -0.2) is 30.5 Å². The maximum absolute atomic E-state index is 12.8. The summed E-state index contributed by atoms with van der Waals surface area (Å²) in [6, 6.07) is 6.51. The Morgan fingerprint density at radius 1 is 1.17 bits per heavy atom. The van der Waals surface area contributed by atoms with Gasteiger partial charge in [0.25, 0.3) is 0 Å². The Hall–Kier alpha value is -1.17. The lowest BCUT2D eigenvalue weighted by Crippen LogP contribution is -2.33. The van der Waals surface area contributed by atoms with E-state index in [0.29, 0.717) is 5.92 Å². The van der Waals surface area contributed by atoms with Crippen molar-refractivity contribution in [3.8, 4) is 5.75 Å². The van der Waals surface area contributed by atoms with Crippen molar-refractivity contribution in [2.45, 2.75) is 43.3 Å². The summed E-state index contributed by atoms with van der Waals surface area (Å²) in [5.74, 6) is -3.39. The smallest absolute Gasteiger partial charge is 0.340 e. The molecule has 1 aliphatic rings. The highest BCUT2D eigenvalue weighted by atomic mass is 32.2. The molecule has 0 saturated heterocycles. The number of hydrogen-bond acceptors (Lipinski definition) is 2. The van der Waals surface area contributed by atoms with Crippen molar-refractivity contribution in [2.75, 3.05) is 12.9 Å². The average Bonchev–Trinajstić information content (AvgIpc) is 2.59. The van der Waals surface area contributed by atoms with Crippen LogP contribution in [-0.2, 0) is 0 Å². The molecular formula is C18H22F4OS. The molecule has 6 heteroatoms. The van der Waals surface area contributed by atoms with E-state index in [0.717, 1.165) is 10.8 Å². The zero-order valence-electron chi connectivity index (χ0n) is 13.6. The number of thioether (sulfide) groups is 1. The van der Waals surface area contributed by atoms with E-state index in [1.54, 1.807) is 12.1 Å². The largest absolute Gasteiger partial charge is 0.487 e. The first-order valence-electron chi connectivity index (χ1n) is 8.00. The third kappa shape index (κ3) is 5.72. The van der Waals surface area contributed by atoms with Gasteiger partial charge in [0.2, 0.25) is 0 Å². The molecule has 1 aromatic rings. The first-order valence-corrected chi connectivity index (χ1v) is 9.29. The van der Waals surface area contributed by atoms with Crippen molar-refractivity contribution in [1.29, 1.82) is 0 Å². The standard InChI is InChI=1S/C18H22F4OS/c1-24-16-10-6-14(7-11-16)3-2-13-4-8-15(9-5-13)23-12-18(21,22)17(19)20/h2-5,8-9,14,16-17H,6-7,10-12H2,1H3/b3-2+. The lowest BCUT2D eigenvalue weighted by Gasteiger charge is -2.25. The SMILES string of the molecule is CSC1CCC(/C=C/c2ccc(OCC(F)(F)C(F)F)cc2)CC1. The highest BCUT2D eigenvalue weighted by molar-refractivity contribution is 7.99. The zero-order chi connectivity index (χ0) is 17.6. The molecule has 0 N–H and O–H groups in total. The van der Waals surface area contributed by atoms with E-state index in [2.05, 4.69) is 12.3 Å². The molecule has 0 radical (unpaired) electrons. The molecule has 24 heavy (non-hydrogen) atoms. The molecular weight excluding hydrogens is 340 g/mol. The van der Waals surface area contributed by atoms with Crippen LogP contribution in [0.4, 0.5) is 17.6 Å². The Labute approximate surface area is 144 Å². The van der Waals surface area contributed by atoms with Gasteiger partial charge in [-0.1, -0.05) is 24.3 Å². The van der Waals surface area contributed by atoms with Crippen LogP contribution in [0.1, 0.15) is 31.2 Å². The molecule has 0 bridgehead atoms. The van der Waals surface area contributed by atoms with Crippen LogP contribution in [0, 0.1) is 5.92 Å². The van der Waals surface area contributed by atoms with Crippen LogP contribution in [0.15, 0.2) is 30.3 Å². The minimum absolute atomic E-state index is 0.160. The molecule has 0 aromatic heterocycles. The molecule has 1 fully saturated rings. The first kappa shape index (κ1) is 19.2. The van der Waals surface area contributed by atoms with Gasteiger partial charge >= 0.3 is 12.3 Å². The van der Waals surface area contributed by atoms with E-state index in [1.165, 1.54) is 37.8 Å². The van der Waals surface area contributed by atoms with Crippen molar-refractivity contribution >= 4 is 17.8 Å². The van der Waals surface area contributed by atoms with Gasteiger partial charge in [-0.3, -0.25) is 0 Å². The molecule has 1 aliphatic carbocycles. The maximum Gasteiger partial charge on any atom is 0.340 e. The lowest BCUT2D eigenvalue weighted by molar-refractivity contribution is -0.148. The molecule has 134 valence electrons. The number of hydrogen-bond donors (Lipinski definition) is 0. The van der Waals surface area contributed by atoms with Crippen molar-refractivity contribution < 1.29 is 22.3 Å². The van der Waals surface area contributed by atoms with Gasteiger partial charge in [0.05, 0.1) is 0 Å². The van der Waals surface area contributed by atoms with E-state index < -0.39 is 19.0 Å². The summed E-state index contributed by atoms with van der Waals surface area (Å²) in [6.45, 7) is -1.32. The van der Waals surface area contributed by atoms with Crippen LogP contribution in [0.25, 0.3) is 6.08 Å². The molecule has 2 rings (SSSR count). The van der Waals surface area contributed by atoms with Gasteiger partial charge in [-0.15, -0.1) is 0 Å². The molecule has 1 saturated carbocycles. The summed E-state index contributed by atoms with van der Waals surface area (Å²) in [6.07, 6.45) is 7.49. The van der Waals surface area contributed by atoms with Gasteiger partial charge in [-0.05, 0) is 55.6 Å². The van der Waals surface area contributed by atoms with Gasteiger partial charge < -0.3 is 4.74 Å². The predicted octanol–water partition coefficient (Wildman–Crippen LogP) is 5.90. The topological polar surface area (TPSA) is 9.23 Å². The van der Waals surface area contributed by atoms with E-state index in [9.17, 15) is 17.6 Å². The highest BCUT2D eigenvalue weighted by Crippen LogP contribution is 2.31. The van der Waals surface area contributed by atoms with Gasteiger partial charge in [0, 0.05) is 5.25 Å². The zero-order valence-corrected chi connectivity index (χ0v) is 14.4. The minimum atomic E-state index is -4.13. The number of rotatable bonds is 7. The summed E-state index contributed by atoms with van der Waals surface area (Å²) in [4.78, 5) is 0. The molecule has 0 spiro atoms. The summed E-state index contributed by atoms with van der Waals surface area (Å²) in [5, 5.41) is 0.775. The van der Waals surface area contributed by atoms with Gasteiger partial charge in [0.15, 0.2) is 6.61 Å². The van der Waals surface area contributed by atoms with Crippen LogP contribution in [0.2, 0.25) is 0 Å². The molecule has 1 nitrogen and oxygen atoms in total. The van der Waals surface area contributed by atoms with Crippen LogP contribution in [0.3, 0.4) is 0 Å². The summed E-state index contributed by atoms with van der Waals surface area (Å²) < 4.78 is 54.5. The second kappa shape index (κ2) is 8.79. The average molecular weight is 362 g/mol. The summed E-state index contributed by atoms with van der Waals surface area (Å²) >= 11 is 1.93. The fraction of sp³-hybridized carbons (Fsp3) is 0.556. The fourth-order valence-corrected chi connectivity index (χ4v) is 3.43. The van der Waals surface area contributed by atoms with Gasteiger partial charge in [-0.25, -0.2) is 8.78 Å². The molecule has 1 aromatic carbocycles. The molecule has 0 heterocycles. The lowest BCUT2D eigenvalue weighted by atomic mass is 9.88. The molecule has 0 atom stereocenters. The Balaban J connectivity index is 1.83. The van der Waals surface area contributed by atoms with Crippen LogP contribution in [0.5, 0.6) is 5.75 Å². The Morgan fingerprint density at radius 3 is 2.33 bits per heavy atom. The molecule has 0 unspecified atom stereocenters. The molecule has 0 amide bonds. The van der Waals surface area contributed by atoms with Gasteiger partial charge in [-0.2, -0.15) is 20.5 Å². The van der Waals surface area contributed by atoms with Crippen LogP contribution >= 0.6 is 11.8 Å². The van der Waals surface area contributed by atoms with Crippen molar-refractivity contribution in [1.82, 2.24) is 0 Å². The normalized spacial score (nSPS) is 22.2. The van der Waals surface area contributed by atoms with E-state index in [4.69, 9.17) is 4.74 Å². The maximum atomic E-state index is 12.8. The quantitative estimate of drug-likeness (QED) is 0.559. The Kier molecular flexibility index (Phi) is 7.02. The third-order valence-electron chi connectivity index (χ3n) is 4.24. The van der Waals surface area contributed by atoms with E-state index in [1.807, 2.05) is 17.8 Å². The Morgan fingerprint density at radius 2 is 1.79 bits per heavy atom. The first-order chi connectivity index (χ1) is 11.4. The number of alkyl halides is 4. The number of allylic oxidation sites excluding steroid dienone is 1. The van der Waals surface area contributed by atoms with Crippen molar-refractivity contribution in [3.63, 3.8) is 0 Å². The minimum Gasteiger partial charge on any atom is -0.487 e. The predicted molar refractivity (Wildman–Crippen MR) is 91.2 cm³/mol. The number of benzene rings is 1. The second-order valence-electron chi connectivity index (χ2n) is 6.05. The molecule has 0 aliphatic heterocycles. The number of halogens is 4. The summed E-state index contributed by atoms with van der Waals surface area (Å²) in [5.41, 5.74) is 0.940. The summed E-state index contributed by atoms with van der Waals surface area (Å²) in [7, 11) is 0. The number of ether oxygens (including phenoxy) is 1. The third-order valence-corrected chi connectivity index (χ3v) is 5.38. The van der Waals surface area contributed by atoms with Crippen LogP contribution < -0.4 is 4.74 Å². The van der Waals surface area contributed by atoms with Gasteiger partial charge in [0.1, 0.15) is 5.75 Å². The second-order valence-corrected chi connectivity index (χ2v) is 7.19. The van der Waals surface area contributed by atoms with Crippen molar-refractivity contribution in [3.05, 3.63) is 35.9 Å². The Bertz CT molecular complexity index is 522. The van der Waals surface area contributed by atoms with E-state index >= 15 is 0 Å².